The third kappa shape index (κ3) is 4.48. The van der Waals surface area contributed by atoms with Crippen LogP contribution in [0.4, 0.5) is 0 Å². The Bertz CT molecular complexity index is 583. The van der Waals surface area contributed by atoms with Gasteiger partial charge in [0.15, 0.2) is 0 Å². The first-order valence-corrected chi connectivity index (χ1v) is 7.84. The average molecular weight is 304 g/mol. The van der Waals surface area contributed by atoms with Crippen LogP contribution >= 0.6 is 11.6 Å². The Balaban J connectivity index is 2.31. The molecule has 0 saturated heterocycles. The molecule has 0 aromatic heterocycles. The standard InChI is InChI=1S/C18H22ClNO/c1-3-10-20-13-15-11-16(19)8-9-18(15)14-6-5-7-17(12-14)21-4-2/h5-9,11-12,20H,3-4,10,13H2,1-2H3. The summed E-state index contributed by atoms with van der Waals surface area (Å²) in [6.07, 6.45) is 1.12. The molecule has 0 radical (unpaired) electrons. The Hall–Kier alpha value is -1.51. The SMILES string of the molecule is CCCNCc1cc(Cl)ccc1-c1cccc(OCC)c1. The molecule has 0 unspecified atom stereocenters. The van der Waals surface area contributed by atoms with E-state index < -0.39 is 0 Å². The van der Waals surface area contributed by atoms with E-state index in [1.54, 1.807) is 0 Å². The molecule has 0 fully saturated rings. The van der Waals surface area contributed by atoms with Gasteiger partial charge in [0.2, 0.25) is 0 Å². The topological polar surface area (TPSA) is 21.3 Å². The maximum Gasteiger partial charge on any atom is 0.119 e. The minimum atomic E-state index is 0.676. The van der Waals surface area contributed by atoms with Crippen LogP contribution in [0.15, 0.2) is 42.5 Å². The van der Waals surface area contributed by atoms with E-state index in [1.807, 2.05) is 31.2 Å². The summed E-state index contributed by atoms with van der Waals surface area (Å²) in [5.74, 6) is 0.900. The van der Waals surface area contributed by atoms with Crippen LogP contribution in [0.5, 0.6) is 5.75 Å². The summed E-state index contributed by atoms with van der Waals surface area (Å²) >= 11 is 6.15. The predicted octanol–water partition coefficient (Wildman–Crippen LogP) is 4.91. The van der Waals surface area contributed by atoms with Crippen LogP contribution in [-0.2, 0) is 6.54 Å². The second-order valence-corrected chi connectivity index (χ2v) is 5.38. The molecule has 0 aliphatic carbocycles. The van der Waals surface area contributed by atoms with Gasteiger partial charge in [-0.05, 0) is 60.8 Å². The fraction of sp³-hybridized carbons (Fsp3) is 0.333. The van der Waals surface area contributed by atoms with Crippen molar-refractivity contribution in [3.05, 3.63) is 53.1 Å². The van der Waals surface area contributed by atoms with Crippen molar-refractivity contribution in [2.75, 3.05) is 13.2 Å². The number of hydrogen-bond donors (Lipinski definition) is 1. The normalized spacial score (nSPS) is 10.6. The number of rotatable bonds is 7. The lowest BCUT2D eigenvalue weighted by molar-refractivity contribution is 0.340. The predicted molar refractivity (Wildman–Crippen MR) is 90.1 cm³/mol. The minimum absolute atomic E-state index is 0.676. The molecule has 3 heteroatoms. The van der Waals surface area contributed by atoms with Gasteiger partial charge in [0, 0.05) is 11.6 Å². The molecular formula is C18H22ClNO. The van der Waals surface area contributed by atoms with Gasteiger partial charge in [0.25, 0.3) is 0 Å². The second kappa shape index (κ2) is 8.06. The molecule has 2 nitrogen and oxygen atoms in total. The van der Waals surface area contributed by atoms with Gasteiger partial charge in [0.05, 0.1) is 6.61 Å². The van der Waals surface area contributed by atoms with Crippen molar-refractivity contribution in [3.8, 4) is 16.9 Å². The highest BCUT2D eigenvalue weighted by atomic mass is 35.5. The molecule has 0 saturated carbocycles. The second-order valence-electron chi connectivity index (χ2n) is 4.94. The number of hydrogen-bond acceptors (Lipinski definition) is 2. The first kappa shape index (κ1) is 15.9. The van der Waals surface area contributed by atoms with Crippen LogP contribution in [0.25, 0.3) is 11.1 Å². The first-order chi connectivity index (χ1) is 10.2. The smallest absolute Gasteiger partial charge is 0.119 e. The quantitative estimate of drug-likeness (QED) is 0.734. The zero-order valence-corrected chi connectivity index (χ0v) is 13.4. The number of halogens is 1. The molecule has 0 bridgehead atoms. The maximum atomic E-state index is 6.15. The highest BCUT2D eigenvalue weighted by Gasteiger charge is 2.07. The van der Waals surface area contributed by atoms with Gasteiger partial charge in [-0.3, -0.25) is 0 Å². The van der Waals surface area contributed by atoms with Gasteiger partial charge in [-0.2, -0.15) is 0 Å². The average Bonchev–Trinajstić information content (AvgIpc) is 2.48. The Morgan fingerprint density at radius 2 is 1.95 bits per heavy atom. The molecule has 112 valence electrons. The first-order valence-electron chi connectivity index (χ1n) is 7.47. The van der Waals surface area contributed by atoms with Crippen LogP contribution in [0.3, 0.4) is 0 Å². The van der Waals surface area contributed by atoms with E-state index in [2.05, 4.69) is 30.4 Å². The van der Waals surface area contributed by atoms with Crippen LogP contribution < -0.4 is 10.1 Å². The van der Waals surface area contributed by atoms with Crippen molar-refractivity contribution in [2.24, 2.45) is 0 Å². The molecule has 0 aliphatic rings. The molecule has 0 spiro atoms. The van der Waals surface area contributed by atoms with Gasteiger partial charge in [0.1, 0.15) is 5.75 Å². The Kier molecular flexibility index (Phi) is 6.09. The van der Waals surface area contributed by atoms with E-state index >= 15 is 0 Å². The van der Waals surface area contributed by atoms with E-state index in [1.165, 1.54) is 11.1 Å². The Morgan fingerprint density at radius 3 is 2.71 bits per heavy atom. The fourth-order valence-electron chi connectivity index (χ4n) is 2.31. The molecule has 2 aromatic carbocycles. The monoisotopic (exact) mass is 303 g/mol. The van der Waals surface area contributed by atoms with Crippen LogP contribution in [0, 0.1) is 0 Å². The molecule has 0 heterocycles. The van der Waals surface area contributed by atoms with Crippen LogP contribution in [-0.4, -0.2) is 13.2 Å². The van der Waals surface area contributed by atoms with E-state index in [0.29, 0.717) is 6.61 Å². The summed E-state index contributed by atoms with van der Waals surface area (Å²) in [6.45, 7) is 6.66. The lowest BCUT2D eigenvalue weighted by Crippen LogP contribution is -2.14. The van der Waals surface area contributed by atoms with Gasteiger partial charge in [-0.1, -0.05) is 36.7 Å². The van der Waals surface area contributed by atoms with Gasteiger partial charge in [-0.25, -0.2) is 0 Å². The summed E-state index contributed by atoms with van der Waals surface area (Å²) in [4.78, 5) is 0. The van der Waals surface area contributed by atoms with Crippen molar-refractivity contribution < 1.29 is 4.74 Å². The maximum absolute atomic E-state index is 6.15. The van der Waals surface area contributed by atoms with Crippen LogP contribution in [0.1, 0.15) is 25.8 Å². The molecule has 2 aromatic rings. The van der Waals surface area contributed by atoms with Gasteiger partial charge < -0.3 is 10.1 Å². The van der Waals surface area contributed by atoms with Crippen molar-refractivity contribution in [3.63, 3.8) is 0 Å². The molecule has 1 N–H and O–H groups in total. The van der Waals surface area contributed by atoms with Crippen LogP contribution in [0.2, 0.25) is 5.02 Å². The molecule has 0 aliphatic heterocycles. The number of nitrogens with one attached hydrogen (secondary N) is 1. The summed E-state index contributed by atoms with van der Waals surface area (Å²) in [5, 5.41) is 4.21. The van der Waals surface area contributed by atoms with E-state index in [-0.39, 0.29) is 0 Å². The third-order valence-electron chi connectivity index (χ3n) is 3.27. The summed E-state index contributed by atoms with van der Waals surface area (Å²) in [7, 11) is 0. The largest absolute Gasteiger partial charge is 0.494 e. The van der Waals surface area contributed by atoms with Gasteiger partial charge >= 0.3 is 0 Å². The molecule has 0 atom stereocenters. The Morgan fingerprint density at radius 1 is 1.10 bits per heavy atom. The van der Waals surface area contributed by atoms with Crippen molar-refractivity contribution >= 4 is 11.6 Å². The van der Waals surface area contributed by atoms with Gasteiger partial charge in [-0.15, -0.1) is 0 Å². The zero-order chi connectivity index (χ0) is 15.1. The van der Waals surface area contributed by atoms with Crippen molar-refractivity contribution in [1.82, 2.24) is 5.32 Å². The summed E-state index contributed by atoms with van der Waals surface area (Å²) in [6, 6.07) is 14.2. The lowest BCUT2D eigenvalue weighted by Gasteiger charge is -2.12. The highest BCUT2D eigenvalue weighted by molar-refractivity contribution is 6.30. The van der Waals surface area contributed by atoms with E-state index in [9.17, 15) is 0 Å². The molecule has 2 rings (SSSR count). The minimum Gasteiger partial charge on any atom is -0.494 e. The summed E-state index contributed by atoms with van der Waals surface area (Å²) < 4.78 is 5.59. The lowest BCUT2D eigenvalue weighted by atomic mass is 9.99. The van der Waals surface area contributed by atoms with E-state index in [4.69, 9.17) is 16.3 Å². The van der Waals surface area contributed by atoms with Crippen molar-refractivity contribution in [2.45, 2.75) is 26.8 Å². The molecule has 21 heavy (non-hydrogen) atoms. The third-order valence-corrected chi connectivity index (χ3v) is 3.50. The molecule has 0 amide bonds. The number of ether oxygens (including phenoxy) is 1. The number of benzene rings is 2. The molecular weight excluding hydrogens is 282 g/mol. The Labute approximate surface area is 132 Å². The summed E-state index contributed by atoms with van der Waals surface area (Å²) in [5.41, 5.74) is 3.57. The van der Waals surface area contributed by atoms with Crippen molar-refractivity contribution in [1.29, 1.82) is 0 Å². The highest BCUT2D eigenvalue weighted by Crippen LogP contribution is 2.29. The zero-order valence-electron chi connectivity index (χ0n) is 12.7. The van der Waals surface area contributed by atoms with E-state index in [0.717, 1.165) is 35.8 Å². The fourth-order valence-corrected chi connectivity index (χ4v) is 2.50.